The smallest absolute Gasteiger partial charge is 0.416 e. The molecular weight excluding hydrogens is 645 g/mol. The number of esters is 2. The number of carbonyl (C=O) groups is 2. The van der Waals surface area contributed by atoms with Crippen LogP contribution in [0, 0.1) is 6.92 Å². The second-order valence-corrected chi connectivity index (χ2v) is 14.9. The van der Waals surface area contributed by atoms with E-state index < -0.39 is 45.1 Å². The van der Waals surface area contributed by atoms with Crippen molar-refractivity contribution < 1.29 is 45.4 Å². The number of benzene rings is 2. The van der Waals surface area contributed by atoms with Gasteiger partial charge in [-0.3, -0.25) is 0 Å². The Balaban J connectivity index is 1.44. The highest BCUT2D eigenvalue weighted by molar-refractivity contribution is 7.88. The van der Waals surface area contributed by atoms with Gasteiger partial charge in [-0.2, -0.15) is 13.2 Å². The summed E-state index contributed by atoms with van der Waals surface area (Å²) in [5, 5.41) is 3.43. The summed E-state index contributed by atoms with van der Waals surface area (Å²) >= 11 is 1.17. The Morgan fingerprint density at radius 2 is 1.72 bits per heavy atom. The number of anilines is 1. The number of thiophene rings is 1. The lowest BCUT2D eigenvalue weighted by Crippen LogP contribution is -2.42. The predicted octanol–water partition coefficient (Wildman–Crippen LogP) is 6.66. The van der Waals surface area contributed by atoms with Gasteiger partial charge in [-0.25, -0.2) is 22.3 Å². The van der Waals surface area contributed by atoms with Gasteiger partial charge in [0.2, 0.25) is 10.0 Å². The number of ether oxygens (including phenoxy) is 3. The molecular formula is C32H37F3N2O7S2. The lowest BCUT2D eigenvalue weighted by Gasteiger charge is -2.32. The van der Waals surface area contributed by atoms with Crippen molar-refractivity contribution in [2.45, 2.75) is 64.1 Å². The number of rotatable bonds is 10. The van der Waals surface area contributed by atoms with Gasteiger partial charge >= 0.3 is 18.1 Å². The molecule has 1 saturated heterocycles. The Hall–Kier alpha value is -3.62. The van der Waals surface area contributed by atoms with Crippen LogP contribution in [0.1, 0.15) is 60.0 Å². The van der Waals surface area contributed by atoms with Crippen LogP contribution in [-0.2, 0) is 36.2 Å². The fourth-order valence-corrected chi connectivity index (χ4v) is 7.91. The van der Waals surface area contributed by atoms with E-state index in [-0.39, 0.29) is 41.9 Å². The zero-order valence-electron chi connectivity index (χ0n) is 26.2. The number of nitrogens with one attached hydrogen (secondary N) is 1. The second kappa shape index (κ2) is 14.0. The Labute approximate surface area is 270 Å². The summed E-state index contributed by atoms with van der Waals surface area (Å²) in [5.74, 6) is -1.66. The predicted molar refractivity (Wildman–Crippen MR) is 169 cm³/mol. The van der Waals surface area contributed by atoms with Crippen LogP contribution in [0.15, 0.2) is 48.5 Å². The largest absolute Gasteiger partial charge is 0.480 e. The number of hydrogen-bond acceptors (Lipinski definition) is 9. The first-order chi connectivity index (χ1) is 21.5. The first-order valence-corrected chi connectivity index (χ1v) is 17.0. The number of alkyl halides is 3. The van der Waals surface area contributed by atoms with E-state index in [1.807, 2.05) is 24.3 Å². The minimum absolute atomic E-state index is 0.0769. The van der Waals surface area contributed by atoms with E-state index in [0.29, 0.717) is 18.4 Å². The second-order valence-electron chi connectivity index (χ2n) is 11.9. The molecule has 250 valence electrons. The first kappa shape index (κ1) is 35.2. The van der Waals surface area contributed by atoms with E-state index in [0.717, 1.165) is 22.2 Å². The molecule has 1 N–H and O–H groups in total. The van der Waals surface area contributed by atoms with E-state index in [4.69, 9.17) is 14.2 Å². The molecule has 4 rings (SSSR count). The average molecular weight is 683 g/mol. The topological polar surface area (TPSA) is 111 Å². The standard InChI is InChI=1S/C32H37F3N2O7S2/c1-20-27(43-18-26(38)44-31(2,3)4)29(30(39)42-5)45-28(20)21-10-8-11-24(17-21)36-23-13-15-37(16-14-23)46(40,41)19-22-9-6-7-12-25(22)32(33,34)35/h6-12,17,23,36H,13-16,18-19H2,1-5H3. The third-order valence-corrected chi connectivity index (χ3v) is 10.4. The number of nitrogens with zero attached hydrogens (tertiary/aromatic N) is 1. The fraction of sp³-hybridized carbons (Fsp3) is 0.438. The number of methoxy groups -OCH3 is 1. The Morgan fingerprint density at radius 1 is 1.04 bits per heavy atom. The molecule has 1 aliphatic rings. The summed E-state index contributed by atoms with van der Waals surface area (Å²) in [7, 11) is -2.70. The number of sulfonamides is 1. The van der Waals surface area contributed by atoms with Crippen molar-refractivity contribution in [1.82, 2.24) is 4.31 Å². The molecule has 3 aromatic rings. The Bertz CT molecular complexity index is 1670. The molecule has 2 aromatic carbocycles. The molecule has 0 saturated carbocycles. The summed E-state index contributed by atoms with van der Waals surface area (Å²) in [6.45, 7) is 6.96. The molecule has 14 heteroatoms. The van der Waals surface area contributed by atoms with Crippen molar-refractivity contribution in [2.75, 3.05) is 32.1 Å². The third-order valence-electron chi connectivity index (χ3n) is 7.22. The summed E-state index contributed by atoms with van der Waals surface area (Å²) in [4.78, 5) is 25.8. The molecule has 2 heterocycles. The van der Waals surface area contributed by atoms with Crippen LogP contribution in [0.3, 0.4) is 0 Å². The van der Waals surface area contributed by atoms with Gasteiger partial charge in [-0.15, -0.1) is 11.3 Å². The van der Waals surface area contributed by atoms with Crippen LogP contribution in [0.25, 0.3) is 10.4 Å². The van der Waals surface area contributed by atoms with Gasteiger partial charge in [0.15, 0.2) is 11.5 Å². The van der Waals surface area contributed by atoms with Gasteiger partial charge in [0.05, 0.1) is 18.4 Å². The van der Waals surface area contributed by atoms with Crippen LogP contribution in [0.5, 0.6) is 5.75 Å². The number of carbonyl (C=O) groups excluding carboxylic acids is 2. The van der Waals surface area contributed by atoms with Crippen LogP contribution in [-0.4, -0.2) is 63.1 Å². The van der Waals surface area contributed by atoms with Crippen molar-refractivity contribution in [3.8, 4) is 16.2 Å². The zero-order valence-corrected chi connectivity index (χ0v) is 27.8. The number of halogens is 3. The monoisotopic (exact) mass is 682 g/mol. The number of hydrogen-bond donors (Lipinski definition) is 1. The maximum absolute atomic E-state index is 13.4. The number of piperidine rings is 1. The quantitative estimate of drug-likeness (QED) is 0.237. The van der Waals surface area contributed by atoms with Crippen LogP contribution < -0.4 is 10.1 Å². The highest BCUT2D eigenvalue weighted by atomic mass is 32.2. The minimum atomic E-state index is -4.64. The molecule has 0 atom stereocenters. The summed E-state index contributed by atoms with van der Waals surface area (Å²) in [5.41, 5.74) is 0.286. The molecule has 0 unspecified atom stereocenters. The van der Waals surface area contributed by atoms with Gasteiger partial charge in [-0.1, -0.05) is 30.3 Å². The molecule has 1 aromatic heterocycles. The van der Waals surface area contributed by atoms with Gasteiger partial charge < -0.3 is 19.5 Å². The normalized spacial score (nSPS) is 15.0. The lowest BCUT2D eigenvalue weighted by molar-refractivity contribution is -0.157. The maximum Gasteiger partial charge on any atom is 0.416 e. The van der Waals surface area contributed by atoms with Crippen LogP contribution >= 0.6 is 11.3 Å². The zero-order chi connectivity index (χ0) is 33.9. The summed E-state index contributed by atoms with van der Waals surface area (Å²) < 4.78 is 83.6. The molecule has 46 heavy (non-hydrogen) atoms. The maximum atomic E-state index is 13.4. The highest BCUT2D eigenvalue weighted by Gasteiger charge is 2.36. The van der Waals surface area contributed by atoms with E-state index >= 15 is 0 Å². The summed E-state index contributed by atoms with van der Waals surface area (Å²) in [6, 6.07) is 12.1. The van der Waals surface area contributed by atoms with Crippen molar-refractivity contribution >= 4 is 39.0 Å². The van der Waals surface area contributed by atoms with Gasteiger partial charge in [0, 0.05) is 35.3 Å². The van der Waals surface area contributed by atoms with Crippen molar-refractivity contribution in [3.63, 3.8) is 0 Å². The van der Waals surface area contributed by atoms with E-state index in [9.17, 15) is 31.2 Å². The van der Waals surface area contributed by atoms with Gasteiger partial charge in [-0.05, 0) is 69.9 Å². The first-order valence-electron chi connectivity index (χ1n) is 14.5. The van der Waals surface area contributed by atoms with Crippen LogP contribution in [0.2, 0.25) is 0 Å². The van der Waals surface area contributed by atoms with E-state index in [2.05, 4.69) is 5.32 Å². The Morgan fingerprint density at radius 3 is 2.35 bits per heavy atom. The fourth-order valence-electron chi connectivity index (χ4n) is 5.15. The molecule has 0 amide bonds. The SMILES string of the molecule is COC(=O)c1sc(-c2cccc(NC3CCN(S(=O)(=O)Cc4ccccc4C(F)(F)F)CC3)c2)c(C)c1OCC(=O)OC(C)(C)C. The van der Waals surface area contributed by atoms with Crippen molar-refractivity contribution in [2.24, 2.45) is 0 Å². The van der Waals surface area contributed by atoms with E-state index in [1.165, 1.54) is 41.0 Å². The molecule has 0 aliphatic carbocycles. The third kappa shape index (κ3) is 8.80. The molecule has 9 nitrogen and oxygen atoms in total. The molecule has 0 radical (unpaired) electrons. The highest BCUT2D eigenvalue weighted by Crippen LogP contribution is 2.42. The summed E-state index contributed by atoms with van der Waals surface area (Å²) in [6.07, 6.45) is -3.73. The van der Waals surface area contributed by atoms with Crippen molar-refractivity contribution in [1.29, 1.82) is 0 Å². The molecule has 1 aliphatic heterocycles. The average Bonchev–Trinajstić information content (AvgIpc) is 3.30. The van der Waals surface area contributed by atoms with E-state index in [1.54, 1.807) is 27.7 Å². The van der Waals surface area contributed by atoms with Crippen molar-refractivity contribution in [3.05, 3.63) is 70.1 Å². The van der Waals surface area contributed by atoms with Gasteiger partial charge in [0.1, 0.15) is 11.4 Å². The Kier molecular flexibility index (Phi) is 10.7. The minimum Gasteiger partial charge on any atom is -0.480 e. The lowest BCUT2D eigenvalue weighted by atomic mass is 10.0. The molecule has 0 bridgehead atoms. The molecule has 1 fully saturated rings. The van der Waals surface area contributed by atoms with Gasteiger partial charge in [0.25, 0.3) is 0 Å². The molecule has 0 spiro atoms. The van der Waals surface area contributed by atoms with Crippen LogP contribution in [0.4, 0.5) is 18.9 Å².